The van der Waals surface area contributed by atoms with Crippen LogP contribution in [0.2, 0.25) is 5.02 Å². The smallest absolute Gasteiger partial charge is 0.246 e. The molecule has 2 aromatic carbocycles. The first-order valence-electron chi connectivity index (χ1n) is 12.8. The lowest BCUT2D eigenvalue weighted by molar-refractivity contribution is -0.136. The predicted molar refractivity (Wildman–Crippen MR) is 147 cm³/mol. The van der Waals surface area contributed by atoms with Gasteiger partial charge in [0.25, 0.3) is 0 Å². The van der Waals surface area contributed by atoms with Crippen LogP contribution in [0.5, 0.6) is 0 Å². The van der Waals surface area contributed by atoms with E-state index in [9.17, 15) is 9.59 Å². The number of aryl methyl sites for hydroxylation is 2. The molecule has 0 unspecified atom stereocenters. The summed E-state index contributed by atoms with van der Waals surface area (Å²) < 4.78 is 7.62. The molecular formula is C29H35ClN4O3. The van der Waals surface area contributed by atoms with Crippen molar-refractivity contribution < 1.29 is 14.3 Å². The van der Waals surface area contributed by atoms with E-state index in [4.69, 9.17) is 21.3 Å². The van der Waals surface area contributed by atoms with Gasteiger partial charge in [-0.05, 0) is 68.0 Å². The number of ether oxygens (including phenoxy) is 1. The molecule has 3 aromatic rings. The van der Waals surface area contributed by atoms with Gasteiger partial charge in [0.15, 0.2) is 0 Å². The number of hydrogen-bond acceptors (Lipinski definition) is 4. The van der Waals surface area contributed by atoms with Crippen molar-refractivity contribution in [3.8, 4) is 16.9 Å². The van der Waals surface area contributed by atoms with E-state index in [0.717, 1.165) is 29.7 Å². The maximum Gasteiger partial charge on any atom is 0.246 e. The summed E-state index contributed by atoms with van der Waals surface area (Å²) in [7, 11) is 0. The van der Waals surface area contributed by atoms with Crippen LogP contribution in [0.4, 0.5) is 5.95 Å². The highest BCUT2D eigenvalue weighted by molar-refractivity contribution is 6.30. The van der Waals surface area contributed by atoms with Gasteiger partial charge in [-0.2, -0.15) is 0 Å². The van der Waals surface area contributed by atoms with Crippen LogP contribution < -0.4 is 5.32 Å². The molecule has 0 radical (unpaired) electrons. The van der Waals surface area contributed by atoms with E-state index >= 15 is 0 Å². The quantitative estimate of drug-likeness (QED) is 0.385. The average molecular weight is 523 g/mol. The van der Waals surface area contributed by atoms with Crippen LogP contribution >= 0.6 is 11.6 Å². The van der Waals surface area contributed by atoms with E-state index in [1.54, 1.807) is 4.90 Å². The Labute approximate surface area is 223 Å². The standard InChI is InChI=1S/C29H35ClN4O3/c1-19(2)14-28(36)33(16-25-6-5-13-37-25)18-27(35)32-29-31-26(22-8-10-23(30)11-9-22)17-34(29)24-12-7-20(3)21(4)15-24/h7-12,15,17,19,25H,5-6,13-14,16,18H2,1-4H3,(H,31,32,35)/t25-/m0/s1. The molecule has 2 amide bonds. The molecule has 1 aliphatic heterocycles. The Bertz CT molecular complexity index is 1250. The summed E-state index contributed by atoms with van der Waals surface area (Å²) in [6.45, 7) is 9.18. The number of nitrogens with zero attached hydrogens (tertiary/aromatic N) is 3. The van der Waals surface area contributed by atoms with Gasteiger partial charge in [-0.3, -0.25) is 19.5 Å². The maximum atomic E-state index is 13.3. The molecule has 1 fully saturated rings. The van der Waals surface area contributed by atoms with E-state index in [2.05, 4.69) is 25.2 Å². The van der Waals surface area contributed by atoms with Crippen LogP contribution in [0.25, 0.3) is 16.9 Å². The van der Waals surface area contributed by atoms with Gasteiger partial charge in [0, 0.05) is 42.0 Å². The average Bonchev–Trinajstić information content (AvgIpc) is 3.51. The molecule has 37 heavy (non-hydrogen) atoms. The lowest BCUT2D eigenvalue weighted by atomic mass is 10.1. The first-order valence-corrected chi connectivity index (χ1v) is 13.2. The molecule has 1 atom stereocenters. The minimum atomic E-state index is -0.298. The minimum absolute atomic E-state index is 0.0297. The molecule has 4 rings (SSSR count). The van der Waals surface area contributed by atoms with Gasteiger partial charge in [0.05, 0.1) is 11.8 Å². The molecule has 196 valence electrons. The van der Waals surface area contributed by atoms with E-state index in [1.807, 2.05) is 61.0 Å². The number of halogens is 1. The number of rotatable bonds is 9. The number of anilines is 1. The molecule has 0 bridgehead atoms. The zero-order valence-electron chi connectivity index (χ0n) is 22.0. The highest BCUT2D eigenvalue weighted by atomic mass is 35.5. The third-order valence-electron chi connectivity index (χ3n) is 6.58. The van der Waals surface area contributed by atoms with Gasteiger partial charge in [0.2, 0.25) is 17.8 Å². The Morgan fingerprint density at radius 2 is 1.92 bits per heavy atom. The topological polar surface area (TPSA) is 76.5 Å². The molecule has 1 aromatic heterocycles. The molecule has 7 nitrogen and oxygen atoms in total. The number of imidazole rings is 1. The molecule has 1 saturated heterocycles. The first-order chi connectivity index (χ1) is 17.7. The van der Waals surface area contributed by atoms with E-state index < -0.39 is 0 Å². The Morgan fingerprint density at radius 1 is 1.16 bits per heavy atom. The monoisotopic (exact) mass is 522 g/mol. The van der Waals surface area contributed by atoms with E-state index in [1.165, 1.54) is 5.56 Å². The summed E-state index contributed by atoms with van der Waals surface area (Å²) in [6.07, 6.45) is 4.13. The highest BCUT2D eigenvalue weighted by Gasteiger charge is 2.25. The number of nitrogens with one attached hydrogen (secondary N) is 1. The predicted octanol–water partition coefficient (Wildman–Crippen LogP) is 5.80. The van der Waals surface area contributed by atoms with Crippen molar-refractivity contribution in [2.75, 3.05) is 25.0 Å². The van der Waals surface area contributed by atoms with Crippen molar-refractivity contribution in [2.45, 2.75) is 53.1 Å². The van der Waals surface area contributed by atoms with Gasteiger partial charge >= 0.3 is 0 Å². The second-order valence-electron chi connectivity index (χ2n) is 10.2. The Balaban J connectivity index is 1.60. The van der Waals surface area contributed by atoms with Crippen LogP contribution in [0.15, 0.2) is 48.7 Å². The molecule has 1 aliphatic rings. The van der Waals surface area contributed by atoms with Crippen LogP contribution in [-0.2, 0) is 14.3 Å². The third kappa shape index (κ3) is 6.99. The lowest BCUT2D eigenvalue weighted by Crippen LogP contribution is -2.42. The van der Waals surface area contributed by atoms with Crippen LogP contribution in [0.3, 0.4) is 0 Å². The third-order valence-corrected chi connectivity index (χ3v) is 6.84. The summed E-state index contributed by atoms with van der Waals surface area (Å²) in [6, 6.07) is 13.5. The van der Waals surface area contributed by atoms with Crippen molar-refractivity contribution >= 4 is 29.4 Å². The number of carbonyl (C=O) groups excluding carboxylic acids is 2. The SMILES string of the molecule is Cc1ccc(-n2cc(-c3ccc(Cl)cc3)nc2NC(=O)CN(C[C@@H]2CCCO2)C(=O)CC(C)C)cc1C. The summed E-state index contributed by atoms with van der Waals surface area (Å²) in [5.74, 6) is 0.258. The molecule has 1 N–H and O–H groups in total. The van der Waals surface area contributed by atoms with Crippen molar-refractivity contribution in [1.29, 1.82) is 0 Å². The summed E-state index contributed by atoms with van der Waals surface area (Å²) in [5.41, 5.74) is 4.80. The lowest BCUT2D eigenvalue weighted by Gasteiger charge is -2.25. The number of amides is 2. The molecule has 8 heteroatoms. The van der Waals surface area contributed by atoms with E-state index in [0.29, 0.717) is 36.2 Å². The zero-order chi connectivity index (χ0) is 26.5. The van der Waals surface area contributed by atoms with Crippen LogP contribution in [-0.4, -0.2) is 52.1 Å². The van der Waals surface area contributed by atoms with Gasteiger partial charge in [-0.15, -0.1) is 0 Å². The normalized spacial score (nSPS) is 15.2. The molecule has 0 saturated carbocycles. The Morgan fingerprint density at radius 3 is 2.57 bits per heavy atom. The van der Waals surface area contributed by atoms with Gasteiger partial charge in [0.1, 0.15) is 6.54 Å². The fourth-order valence-corrected chi connectivity index (χ4v) is 4.53. The summed E-state index contributed by atoms with van der Waals surface area (Å²) >= 11 is 6.07. The number of aromatic nitrogens is 2. The number of carbonyl (C=O) groups is 2. The zero-order valence-corrected chi connectivity index (χ0v) is 22.7. The fourth-order valence-electron chi connectivity index (χ4n) is 4.41. The molecular weight excluding hydrogens is 488 g/mol. The summed E-state index contributed by atoms with van der Waals surface area (Å²) in [5, 5.41) is 3.60. The van der Waals surface area contributed by atoms with Crippen LogP contribution in [0, 0.1) is 19.8 Å². The van der Waals surface area contributed by atoms with Crippen molar-refractivity contribution in [1.82, 2.24) is 14.5 Å². The maximum absolute atomic E-state index is 13.3. The molecule has 0 aliphatic carbocycles. The van der Waals surface area contributed by atoms with Gasteiger partial charge < -0.3 is 9.64 Å². The van der Waals surface area contributed by atoms with Crippen molar-refractivity contribution in [3.63, 3.8) is 0 Å². The van der Waals surface area contributed by atoms with Crippen LogP contribution in [0.1, 0.15) is 44.2 Å². The summed E-state index contributed by atoms with van der Waals surface area (Å²) in [4.78, 5) is 32.6. The van der Waals surface area contributed by atoms with E-state index in [-0.39, 0.29) is 30.4 Å². The fraction of sp³-hybridized carbons (Fsp3) is 0.414. The van der Waals surface area contributed by atoms with Gasteiger partial charge in [-0.25, -0.2) is 4.98 Å². The van der Waals surface area contributed by atoms with Crippen molar-refractivity contribution in [3.05, 3.63) is 64.8 Å². The first kappa shape index (κ1) is 26.9. The number of hydrogen-bond donors (Lipinski definition) is 1. The molecule has 2 heterocycles. The Hall–Kier alpha value is -3.16. The van der Waals surface area contributed by atoms with Crippen molar-refractivity contribution in [2.24, 2.45) is 5.92 Å². The number of benzene rings is 2. The second kappa shape index (κ2) is 11.9. The molecule has 0 spiro atoms. The Kier molecular flexibility index (Phi) is 8.67. The largest absolute Gasteiger partial charge is 0.376 e. The highest BCUT2D eigenvalue weighted by Crippen LogP contribution is 2.26. The second-order valence-corrected chi connectivity index (χ2v) is 10.6. The minimum Gasteiger partial charge on any atom is -0.376 e. The van der Waals surface area contributed by atoms with Gasteiger partial charge in [-0.1, -0.05) is 43.6 Å².